The zero-order chi connectivity index (χ0) is 25.7. The predicted molar refractivity (Wildman–Crippen MR) is 141 cm³/mol. The summed E-state index contributed by atoms with van der Waals surface area (Å²) < 4.78 is 27.7. The summed E-state index contributed by atoms with van der Waals surface area (Å²) in [5.74, 6) is 2.25. The molecular formula is C29H29NO6. The predicted octanol–water partition coefficient (Wildman–Crippen LogP) is 6.57. The molecule has 0 bridgehead atoms. The van der Waals surface area contributed by atoms with Gasteiger partial charge in [0.15, 0.2) is 0 Å². The third-order valence-corrected chi connectivity index (χ3v) is 5.80. The molecule has 4 rings (SSSR count). The van der Waals surface area contributed by atoms with E-state index in [1.807, 2.05) is 50.2 Å². The van der Waals surface area contributed by atoms with E-state index in [1.165, 1.54) is 0 Å². The highest BCUT2D eigenvalue weighted by molar-refractivity contribution is 6.06. The van der Waals surface area contributed by atoms with Crippen LogP contribution in [0.1, 0.15) is 19.4 Å². The zero-order valence-electron chi connectivity index (χ0n) is 21.0. The number of furan rings is 1. The van der Waals surface area contributed by atoms with Crippen LogP contribution < -0.4 is 24.3 Å². The van der Waals surface area contributed by atoms with Gasteiger partial charge in [0.2, 0.25) is 5.91 Å². The molecule has 1 aromatic heterocycles. The van der Waals surface area contributed by atoms with Gasteiger partial charge in [-0.15, -0.1) is 0 Å². The lowest BCUT2D eigenvalue weighted by molar-refractivity contribution is -0.111. The average molecular weight is 488 g/mol. The summed E-state index contributed by atoms with van der Waals surface area (Å²) in [7, 11) is 4.76. The van der Waals surface area contributed by atoms with Crippen LogP contribution in [-0.2, 0) is 4.79 Å². The number of allylic oxidation sites excluding steroid dienone is 1. The minimum Gasteiger partial charge on any atom is -0.497 e. The van der Waals surface area contributed by atoms with Gasteiger partial charge in [-0.05, 0) is 55.3 Å². The molecular weight excluding hydrogens is 458 g/mol. The molecule has 1 N–H and O–H groups in total. The number of hydrogen-bond acceptors (Lipinski definition) is 6. The molecule has 7 heteroatoms. The number of hydrogen-bond donors (Lipinski definition) is 1. The maximum atomic E-state index is 12.9. The minimum absolute atomic E-state index is 0.293. The van der Waals surface area contributed by atoms with Gasteiger partial charge in [-0.2, -0.15) is 0 Å². The molecule has 1 heterocycles. The van der Waals surface area contributed by atoms with Crippen molar-refractivity contribution in [1.82, 2.24) is 0 Å². The first-order valence-electron chi connectivity index (χ1n) is 11.5. The van der Waals surface area contributed by atoms with Crippen LogP contribution in [-0.4, -0.2) is 33.8 Å². The first kappa shape index (κ1) is 24.7. The Morgan fingerprint density at radius 2 is 1.72 bits per heavy atom. The number of benzene rings is 3. The molecule has 0 saturated heterocycles. The Bertz CT molecular complexity index is 1420. The van der Waals surface area contributed by atoms with Gasteiger partial charge in [0.1, 0.15) is 28.6 Å². The molecule has 186 valence electrons. The number of carbonyl (C=O) groups is 1. The van der Waals surface area contributed by atoms with Gasteiger partial charge in [0.05, 0.1) is 39.9 Å². The SMILES string of the molecule is CCOc1cc2occ(-c3cccc(OC)c3)c2cc1/C(C)=C/C(=O)Nc1ccc(OC)cc1OC. The summed E-state index contributed by atoms with van der Waals surface area (Å²) >= 11 is 0. The van der Waals surface area contributed by atoms with Gasteiger partial charge in [-0.1, -0.05) is 12.1 Å². The third-order valence-electron chi connectivity index (χ3n) is 5.80. The highest BCUT2D eigenvalue weighted by Gasteiger charge is 2.16. The van der Waals surface area contributed by atoms with Crippen molar-refractivity contribution in [3.63, 3.8) is 0 Å². The highest BCUT2D eigenvalue weighted by atomic mass is 16.5. The van der Waals surface area contributed by atoms with E-state index in [-0.39, 0.29) is 5.91 Å². The summed E-state index contributed by atoms with van der Waals surface area (Å²) in [6.45, 7) is 4.27. The Kier molecular flexibility index (Phi) is 7.49. The van der Waals surface area contributed by atoms with E-state index in [0.717, 1.165) is 33.4 Å². The molecule has 0 aliphatic carbocycles. The van der Waals surface area contributed by atoms with E-state index >= 15 is 0 Å². The number of ether oxygens (including phenoxy) is 4. The van der Waals surface area contributed by atoms with Gasteiger partial charge in [0, 0.05) is 34.7 Å². The van der Waals surface area contributed by atoms with E-state index in [9.17, 15) is 4.79 Å². The van der Waals surface area contributed by atoms with E-state index < -0.39 is 0 Å². The molecule has 0 radical (unpaired) electrons. The smallest absolute Gasteiger partial charge is 0.248 e. The lowest BCUT2D eigenvalue weighted by atomic mass is 9.99. The second-order valence-corrected chi connectivity index (χ2v) is 8.04. The van der Waals surface area contributed by atoms with E-state index in [4.69, 9.17) is 23.4 Å². The highest BCUT2D eigenvalue weighted by Crippen LogP contribution is 2.38. The quantitative estimate of drug-likeness (QED) is 0.269. The van der Waals surface area contributed by atoms with E-state index in [1.54, 1.807) is 51.9 Å². The molecule has 0 saturated carbocycles. The molecule has 4 aromatic rings. The third kappa shape index (κ3) is 5.15. The van der Waals surface area contributed by atoms with Crippen molar-refractivity contribution in [2.45, 2.75) is 13.8 Å². The van der Waals surface area contributed by atoms with E-state index in [0.29, 0.717) is 35.1 Å². The summed E-state index contributed by atoms with van der Waals surface area (Å²) in [5.41, 5.74) is 4.67. The van der Waals surface area contributed by atoms with Gasteiger partial charge in [-0.25, -0.2) is 0 Å². The first-order valence-corrected chi connectivity index (χ1v) is 11.5. The van der Waals surface area contributed by atoms with Crippen LogP contribution in [0.2, 0.25) is 0 Å². The Morgan fingerprint density at radius 1 is 0.944 bits per heavy atom. The van der Waals surface area contributed by atoms with Crippen molar-refractivity contribution < 1.29 is 28.2 Å². The number of anilines is 1. The van der Waals surface area contributed by atoms with Gasteiger partial charge in [-0.3, -0.25) is 4.79 Å². The zero-order valence-corrected chi connectivity index (χ0v) is 21.0. The molecule has 7 nitrogen and oxygen atoms in total. The Labute approximate surface area is 210 Å². The number of nitrogens with one attached hydrogen (secondary N) is 1. The van der Waals surface area contributed by atoms with Crippen LogP contribution in [0.25, 0.3) is 27.7 Å². The summed E-state index contributed by atoms with van der Waals surface area (Å²) in [6, 6.07) is 16.9. The molecule has 0 spiro atoms. The topological polar surface area (TPSA) is 79.2 Å². The fourth-order valence-corrected chi connectivity index (χ4v) is 4.00. The molecule has 1 amide bonds. The van der Waals surface area contributed by atoms with Crippen molar-refractivity contribution >= 4 is 28.1 Å². The van der Waals surface area contributed by atoms with Crippen molar-refractivity contribution in [2.24, 2.45) is 0 Å². The van der Waals surface area contributed by atoms with Gasteiger partial charge >= 0.3 is 0 Å². The van der Waals surface area contributed by atoms with Crippen molar-refractivity contribution in [3.8, 4) is 34.1 Å². The van der Waals surface area contributed by atoms with Crippen LogP contribution in [0.5, 0.6) is 23.0 Å². The monoisotopic (exact) mass is 487 g/mol. The van der Waals surface area contributed by atoms with Crippen LogP contribution in [0, 0.1) is 0 Å². The lowest BCUT2D eigenvalue weighted by Crippen LogP contribution is -2.10. The van der Waals surface area contributed by atoms with Gasteiger partial charge in [0.25, 0.3) is 0 Å². The first-order chi connectivity index (χ1) is 17.5. The average Bonchev–Trinajstić information content (AvgIpc) is 3.31. The number of amides is 1. The van der Waals surface area contributed by atoms with Crippen LogP contribution in [0.3, 0.4) is 0 Å². The fraction of sp³-hybridized carbons (Fsp3) is 0.207. The summed E-state index contributed by atoms with van der Waals surface area (Å²) in [5, 5.41) is 3.79. The molecule has 0 atom stereocenters. The fourth-order valence-electron chi connectivity index (χ4n) is 4.00. The minimum atomic E-state index is -0.293. The van der Waals surface area contributed by atoms with Crippen LogP contribution in [0.4, 0.5) is 5.69 Å². The number of fused-ring (bicyclic) bond motifs is 1. The maximum absolute atomic E-state index is 12.9. The van der Waals surface area contributed by atoms with Crippen LogP contribution >= 0.6 is 0 Å². The Morgan fingerprint density at radius 3 is 2.44 bits per heavy atom. The Hall–Kier alpha value is -4.39. The number of methoxy groups -OCH3 is 3. The molecule has 0 unspecified atom stereocenters. The maximum Gasteiger partial charge on any atom is 0.248 e. The van der Waals surface area contributed by atoms with Crippen molar-refractivity contribution in [3.05, 3.63) is 72.5 Å². The summed E-state index contributed by atoms with van der Waals surface area (Å²) in [4.78, 5) is 12.9. The summed E-state index contributed by atoms with van der Waals surface area (Å²) in [6.07, 6.45) is 3.26. The van der Waals surface area contributed by atoms with Gasteiger partial charge < -0.3 is 28.7 Å². The molecule has 0 fully saturated rings. The number of rotatable bonds is 9. The normalized spacial score (nSPS) is 11.3. The number of carbonyl (C=O) groups excluding carboxylic acids is 1. The molecule has 36 heavy (non-hydrogen) atoms. The lowest BCUT2D eigenvalue weighted by Gasteiger charge is -2.13. The molecule has 0 aliphatic rings. The largest absolute Gasteiger partial charge is 0.497 e. The second-order valence-electron chi connectivity index (χ2n) is 8.04. The van der Waals surface area contributed by atoms with Crippen LogP contribution in [0.15, 0.2) is 71.4 Å². The van der Waals surface area contributed by atoms with Crippen molar-refractivity contribution in [1.29, 1.82) is 0 Å². The molecule has 0 aliphatic heterocycles. The standard InChI is InChI=1S/C29H29NO6/c1-6-35-26-16-27-23(24(17-36-27)19-8-7-9-20(13-19)32-3)15-22(26)18(2)12-29(31)30-25-11-10-21(33-4)14-28(25)34-5/h7-17H,6H2,1-5H3,(H,30,31)/b18-12+. The van der Waals surface area contributed by atoms with Crippen molar-refractivity contribution in [2.75, 3.05) is 33.3 Å². The second kappa shape index (κ2) is 10.9. The van der Waals surface area contributed by atoms with E-state index in [2.05, 4.69) is 5.32 Å². The molecule has 3 aromatic carbocycles. The Balaban J connectivity index is 1.71.